The molecule has 0 N–H and O–H groups in total. The first kappa shape index (κ1) is 13.9. The number of aromatic nitrogens is 1. The summed E-state index contributed by atoms with van der Waals surface area (Å²) in [6, 6.07) is 19.9. The van der Waals surface area contributed by atoms with Gasteiger partial charge in [-0.25, -0.2) is 0 Å². The molecule has 2 aromatic carbocycles. The van der Waals surface area contributed by atoms with E-state index in [9.17, 15) is 4.79 Å². The number of fused-ring (bicyclic) bond motifs is 1. The van der Waals surface area contributed by atoms with Gasteiger partial charge in [-0.3, -0.25) is 9.78 Å². The molecule has 0 radical (unpaired) electrons. The number of carbonyl (C=O) groups is 1. The van der Waals surface area contributed by atoms with Gasteiger partial charge in [-0.15, -0.1) is 0 Å². The molecule has 1 fully saturated rings. The zero-order chi connectivity index (χ0) is 15.6. The molecular formula is C20H18N2O. The van der Waals surface area contributed by atoms with Crippen LogP contribution in [0.1, 0.15) is 34.8 Å². The number of hydrogen-bond acceptors (Lipinski definition) is 2. The van der Waals surface area contributed by atoms with E-state index in [0.29, 0.717) is 0 Å². The molecule has 0 spiro atoms. The Kier molecular flexibility index (Phi) is 3.54. The summed E-state index contributed by atoms with van der Waals surface area (Å²) in [6.45, 7) is 0.811. The van der Waals surface area contributed by atoms with Crippen LogP contribution in [0.15, 0.2) is 66.9 Å². The molecule has 3 nitrogen and oxygen atoms in total. The topological polar surface area (TPSA) is 33.2 Å². The normalized spacial score (nSPS) is 17.6. The van der Waals surface area contributed by atoms with Crippen molar-refractivity contribution >= 4 is 16.8 Å². The predicted molar refractivity (Wildman–Crippen MR) is 91.2 cm³/mol. The average Bonchev–Trinajstić information content (AvgIpc) is 3.11. The summed E-state index contributed by atoms with van der Waals surface area (Å²) in [4.78, 5) is 19.3. The van der Waals surface area contributed by atoms with E-state index in [1.807, 2.05) is 59.6 Å². The van der Waals surface area contributed by atoms with Crippen LogP contribution in [0.3, 0.4) is 0 Å². The monoisotopic (exact) mass is 302 g/mol. The van der Waals surface area contributed by atoms with Crippen molar-refractivity contribution in [2.45, 2.75) is 18.9 Å². The molecule has 1 aliphatic heterocycles. The van der Waals surface area contributed by atoms with Crippen molar-refractivity contribution in [3.8, 4) is 0 Å². The van der Waals surface area contributed by atoms with Gasteiger partial charge in [-0.1, -0.05) is 36.4 Å². The molecule has 3 heteroatoms. The fourth-order valence-corrected chi connectivity index (χ4v) is 3.37. The van der Waals surface area contributed by atoms with Crippen molar-refractivity contribution < 1.29 is 4.79 Å². The van der Waals surface area contributed by atoms with Crippen LogP contribution >= 0.6 is 0 Å². The molecule has 3 aromatic rings. The van der Waals surface area contributed by atoms with Gasteiger partial charge in [-0.2, -0.15) is 0 Å². The third kappa shape index (κ3) is 2.59. The lowest BCUT2D eigenvalue weighted by Crippen LogP contribution is -2.30. The highest BCUT2D eigenvalue weighted by Gasteiger charge is 2.30. The molecule has 2 heterocycles. The van der Waals surface area contributed by atoms with Crippen molar-refractivity contribution in [3.05, 3.63) is 78.0 Å². The Bertz CT molecular complexity index is 844. The van der Waals surface area contributed by atoms with E-state index in [1.165, 1.54) is 0 Å². The number of amides is 1. The molecule has 0 unspecified atom stereocenters. The minimum absolute atomic E-state index is 0.112. The van der Waals surface area contributed by atoms with Crippen LogP contribution < -0.4 is 0 Å². The second kappa shape index (κ2) is 5.84. The molecule has 23 heavy (non-hydrogen) atoms. The number of likely N-dealkylation sites (tertiary alicyclic amines) is 1. The van der Waals surface area contributed by atoms with Crippen LogP contribution in [-0.2, 0) is 0 Å². The van der Waals surface area contributed by atoms with E-state index in [-0.39, 0.29) is 11.9 Å². The van der Waals surface area contributed by atoms with Gasteiger partial charge in [0.2, 0.25) is 0 Å². The Morgan fingerprint density at radius 1 is 1.04 bits per heavy atom. The lowest BCUT2D eigenvalue weighted by Gasteiger charge is -2.25. The van der Waals surface area contributed by atoms with Gasteiger partial charge < -0.3 is 4.90 Å². The second-order valence-corrected chi connectivity index (χ2v) is 5.98. The fraction of sp³-hybridized carbons (Fsp3) is 0.200. The molecule has 114 valence electrons. The number of para-hydroxylation sites is 1. The maximum atomic E-state index is 12.8. The van der Waals surface area contributed by atoms with E-state index in [1.54, 1.807) is 0 Å². The van der Waals surface area contributed by atoms with Gasteiger partial charge in [0.1, 0.15) is 0 Å². The summed E-state index contributed by atoms with van der Waals surface area (Å²) in [5.74, 6) is 0.112. The molecular weight excluding hydrogens is 284 g/mol. The molecule has 1 aromatic heterocycles. The zero-order valence-electron chi connectivity index (χ0n) is 12.9. The maximum absolute atomic E-state index is 12.8. The second-order valence-electron chi connectivity index (χ2n) is 5.98. The Morgan fingerprint density at radius 3 is 2.70 bits per heavy atom. The molecule has 1 aliphatic rings. The Hall–Kier alpha value is -2.68. The Morgan fingerprint density at radius 2 is 1.83 bits per heavy atom. The van der Waals surface area contributed by atoms with E-state index in [0.717, 1.165) is 41.4 Å². The molecule has 1 saturated heterocycles. The first-order valence-corrected chi connectivity index (χ1v) is 8.03. The molecule has 1 atom stereocenters. The van der Waals surface area contributed by atoms with E-state index >= 15 is 0 Å². The van der Waals surface area contributed by atoms with Gasteiger partial charge in [0.15, 0.2) is 0 Å². The number of pyridine rings is 1. The SMILES string of the molecule is O=C(c1ccccc1)N1CCC[C@H]1c1cnc2ccccc2c1. The summed E-state index contributed by atoms with van der Waals surface area (Å²) in [5, 5.41) is 1.13. The third-order valence-electron chi connectivity index (χ3n) is 4.53. The van der Waals surface area contributed by atoms with Crippen LogP contribution in [0, 0.1) is 0 Å². The van der Waals surface area contributed by atoms with Gasteiger partial charge in [0.25, 0.3) is 5.91 Å². The minimum atomic E-state index is 0.112. The summed E-state index contributed by atoms with van der Waals surface area (Å²) in [5.41, 5.74) is 2.88. The summed E-state index contributed by atoms with van der Waals surface area (Å²) < 4.78 is 0. The van der Waals surface area contributed by atoms with Crippen molar-refractivity contribution in [1.82, 2.24) is 9.88 Å². The average molecular weight is 302 g/mol. The number of rotatable bonds is 2. The van der Waals surface area contributed by atoms with Gasteiger partial charge >= 0.3 is 0 Å². The number of benzene rings is 2. The largest absolute Gasteiger partial charge is 0.332 e. The summed E-state index contributed by atoms with van der Waals surface area (Å²) in [7, 11) is 0. The van der Waals surface area contributed by atoms with Gasteiger partial charge in [0, 0.05) is 23.7 Å². The third-order valence-corrected chi connectivity index (χ3v) is 4.53. The first-order valence-electron chi connectivity index (χ1n) is 8.03. The Labute approximate surface area is 135 Å². The quantitative estimate of drug-likeness (QED) is 0.710. The highest BCUT2D eigenvalue weighted by atomic mass is 16.2. The lowest BCUT2D eigenvalue weighted by molar-refractivity contribution is 0.0735. The van der Waals surface area contributed by atoms with E-state index in [2.05, 4.69) is 17.1 Å². The van der Waals surface area contributed by atoms with Gasteiger partial charge in [0.05, 0.1) is 11.6 Å². The van der Waals surface area contributed by atoms with E-state index in [4.69, 9.17) is 0 Å². The van der Waals surface area contributed by atoms with Crippen LogP contribution in [0.25, 0.3) is 10.9 Å². The van der Waals surface area contributed by atoms with Crippen LogP contribution in [-0.4, -0.2) is 22.3 Å². The molecule has 0 aliphatic carbocycles. The standard InChI is InChI=1S/C20H18N2O/c23-20(15-7-2-1-3-8-15)22-12-6-11-19(22)17-13-16-9-4-5-10-18(16)21-14-17/h1-5,7-10,13-14,19H,6,11-12H2/t19-/m0/s1. The van der Waals surface area contributed by atoms with Crippen molar-refractivity contribution in [3.63, 3.8) is 0 Å². The Balaban J connectivity index is 1.67. The van der Waals surface area contributed by atoms with Crippen LogP contribution in [0.5, 0.6) is 0 Å². The van der Waals surface area contributed by atoms with Crippen LogP contribution in [0.2, 0.25) is 0 Å². The molecule has 0 bridgehead atoms. The zero-order valence-corrected chi connectivity index (χ0v) is 12.9. The van der Waals surface area contributed by atoms with Crippen molar-refractivity contribution in [1.29, 1.82) is 0 Å². The number of hydrogen-bond donors (Lipinski definition) is 0. The number of nitrogens with zero attached hydrogens (tertiary/aromatic N) is 2. The fourth-order valence-electron chi connectivity index (χ4n) is 3.37. The van der Waals surface area contributed by atoms with E-state index < -0.39 is 0 Å². The van der Waals surface area contributed by atoms with Crippen molar-refractivity contribution in [2.75, 3.05) is 6.54 Å². The van der Waals surface area contributed by atoms with Crippen molar-refractivity contribution in [2.24, 2.45) is 0 Å². The lowest BCUT2D eigenvalue weighted by atomic mass is 10.0. The predicted octanol–water partition coefficient (Wildman–Crippen LogP) is 4.21. The molecule has 0 saturated carbocycles. The first-order chi connectivity index (χ1) is 11.3. The highest BCUT2D eigenvalue weighted by Crippen LogP contribution is 2.33. The summed E-state index contributed by atoms with van der Waals surface area (Å²) in [6.07, 6.45) is 3.96. The molecule has 1 amide bonds. The number of carbonyl (C=O) groups excluding carboxylic acids is 1. The minimum Gasteiger partial charge on any atom is -0.332 e. The maximum Gasteiger partial charge on any atom is 0.254 e. The smallest absolute Gasteiger partial charge is 0.254 e. The van der Waals surface area contributed by atoms with Gasteiger partial charge in [-0.05, 0) is 42.7 Å². The highest BCUT2D eigenvalue weighted by molar-refractivity contribution is 5.94. The van der Waals surface area contributed by atoms with Crippen LogP contribution in [0.4, 0.5) is 0 Å². The molecule has 4 rings (SSSR count). The summed E-state index contributed by atoms with van der Waals surface area (Å²) >= 11 is 0.